The van der Waals surface area contributed by atoms with Crippen molar-refractivity contribution in [2.45, 2.75) is 19.6 Å². The zero-order valence-electron chi connectivity index (χ0n) is 10.9. The normalized spacial score (nSPS) is 12.2. The fraction of sp³-hybridized carbons (Fsp3) is 0.200. The zero-order chi connectivity index (χ0) is 14.7. The molecule has 0 aliphatic heterocycles. The minimum absolute atomic E-state index is 0.0320. The van der Waals surface area contributed by atoms with Crippen LogP contribution in [0.5, 0.6) is 5.75 Å². The Morgan fingerprint density at radius 3 is 2.50 bits per heavy atom. The molecule has 2 N–H and O–H groups in total. The first-order valence-electron chi connectivity index (χ1n) is 6.09. The first-order valence-corrected chi connectivity index (χ1v) is 6.47. The molecule has 0 heterocycles. The van der Waals surface area contributed by atoms with E-state index in [9.17, 15) is 8.78 Å². The summed E-state index contributed by atoms with van der Waals surface area (Å²) in [4.78, 5) is 0. The van der Waals surface area contributed by atoms with Gasteiger partial charge in [-0.25, -0.2) is 8.78 Å². The number of benzene rings is 2. The van der Waals surface area contributed by atoms with Gasteiger partial charge >= 0.3 is 0 Å². The lowest BCUT2D eigenvalue weighted by Crippen LogP contribution is -2.07. The van der Waals surface area contributed by atoms with Gasteiger partial charge in [0.05, 0.1) is 5.02 Å². The molecule has 0 fully saturated rings. The Morgan fingerprint density at radius 1 is 1.15 bits per heavy atom. The van der Waals surface area contributed by atoms with E-state index in [4.69, 9.17) is 22.1 Å². The van der Waals surface area contributed by atoms with Crippen LogP contribution < -0.4 is 10.5 Å². The maximum atomic E-state index is 13.7. The Balaban J connectivity index is 2.07. The van der Waals surface area contributed by atoms with Gasteiger partial charge in [-0.05, 0) is 30.7 Å². The summed E-state index contributed by atoms with van der Waals surface area (Å²) in [5.41, 5.74) is 6.76. The zero-order valence-corrected chi connectivity index (χ0v) is 11.6. The van der Waals surface area contributed by atoms with Crippen LogP contribution in [0.1, 0.15) is 24.1 Å². The van der Waals surface area contributed by atoms with Crippen LogP contribution in [-0.4, -0.2) is 0 Å². The van der Waals surface area contributed by atoms with E-state index in [2.05, 4.69) is 0 Å². The molecule has 2 aromatic carbocycles. The Kier molecular flexibility index (Phi) is 4.57. The summed E-state index contributed by atoms with van der Waals surface area (Å²) in [6, 6.07) is 8.45. The Bertz CT molecular complexity index is 617. The Hall–Kier alpha value is -1.65. The van der Waals surface area contributed by atoms with Gasteiger partial charge in [-0.3, -0.25) is 0 Å². The van der Waals surface area contributed by atoms with Crippen LogP contribution in [0.25, 0.3) is 0 Å². The van der Waals surface area contributed by atoms with Gasteiger partial charge in [0, 0.05) is 17.7 Å². The van der Waals surface area contributed by atoms with Crippen molar-refractivity contribution in [3.63, 3.8) is 0 Å². The number of nitrogens with two attached hydrogens (primary N) is 1. The Labute approximate surface area is 121 Å². The first-order chi connectivity index (χ1) is 9.47. The van der Waals surface area contributed by atoms with E-state index in [-0.39, 0.29) is 17.7 Å². The molecule has 0 saturated carbocycles. The van der Waals surface area contributed by atoms with Gasteiger partial charge in [0.15, 0.2) is 0 Å². The SMILES string of the molecule is C[C@@H](N)c1ccc(OCc2ccc(F)c(Cl)c2)cc1F. The van der Waals surface area contributed by atoms with E-state index in [0.29, 0.717) is 16.9 Å². The van der Waals surface area contributed by atoms with Crippen LogP contribution in [0.2, 0.25) is 5.02 Å². The monoisotopic (exact) mass is 297 g/mol. The molecule has 0 bridgehead atoms. The third-order valence-corrected chi connectivity index (χ3v) is 3.14. The van der Waals surface area contributed by atoms with Gasteiger partial charge in [-0.1, -0.05) is 23.7 Å². The highest BCUT2D eigenvalue weighted by Crippen LogP contribution is 2.22. The van der Waals surface area contributed by atoms with E-state index < -0.39 is 11.6 Å². The van der Waals surface area contributed by atoms with Crippen molar-refractivity contribution in [2.75, 3.05) is 0 Å². The minimum Gasteiger partial charge on any atom is -0.489 e. The minimum atomic E-state index is -0.484. The van der Waals surface area contributed by atoms with Crippen molar-refractivity contribution < 1.29 is 13.5 Å². The van der Waals surface area contributed by atoms with Crippen LogP contribution in [-0.2, 0) is 6.61 Å². The lowest BCUT2D eigenvalue weighted by molar-refractivity contribution is 0.304. The lowest BCUT2D eigenvalue weighted by atomic mass is 10.1. The quantitative estimate of drug-likeness (QED) is 0.917. The molecule has 2 nitrogen and oxygen atoms in total. The molecule has 0 spiro atoms. The molecular formula is C15H14ClF2NO. The molecule has 1 atom stereocenters. The predicted molar refractivity (Wildman–Crippen MR) is 74.7 cm³/mol. The van der Waals surface area contributed by atoms with Crippen molar-refractivity contribution in [3.8, 4) is 5.75 Å². The van der Waals surface area contributed by atoms with Crippen molar-refractivity contribution in [3.05, 3.63) is 64.2 Å². The molecule has 0 aromatic heterocycles. The fourth-order valence-corrected chi connectivity index (χ4v) is 1.97. The second kappa shape index (κ2) is 6.20. The number of hydrogen-bond acceptors (Lipinski definition) is 2. The van der Waals surface area contributed by atoms with E-state index >= 15 is 0 Å². The number of hydrogen-bond donors (Lipinski definition) is 1. The molecular weight excluding hydrogens is 284 g/mol. The topological polar surface area (TPSA) is 35.2 Å². The number of rotatable bonds is 4. The van der Waals surface area contributed by atoms with E-state index in [1.165, 1.54) is 18.2 Å². The van der Waals surface area contributed by atoms with Crippen LogP contribution in [0.15, 0.2) is 36.4 Å². The van der Waals surface area contributed by atoms with Gasteiger partial charge in [0.1, 0.15) is 24.0 Å². The molecule has 20 heavy (non-hydrogen) atoms. The molecule has 0 radical (unpaired) electrons. The van der Waals surface area contributed by atoms with Gasteiger partial charge < -0.3 is 10.5 Å². The standard InChI is InChI=1S/C15H14ClF2NO/c1-9(19)12-4-3-11(7-15(12)18)20-8-10-2-5-14(17)13(16)6-10/h2-7,9H,8,19H2,1H3/t9-/m1/s1. The summed E-state index contributed by atoms with van der Waals surface area (Å²) in [6.45, 7) is 1.89. The molecule has 0 aliphatic carbocycles. The third kappa shape index (κ3) is 3.46. The highest BCUT2D eigenvalue weighted by molar-refractivity contribution is 6.30. The maximum absolute atomic E-state index is 13.7. The first kappa shape index (κ1) is 14.8. The molecule has 0 amide bonds. The molecule has 0 aliphatic rings. The van der Waals surface area contributed by atoms with Gasteiger partial charge in [-0.2, -0.15) is 0 Å². The van der Waals surface area contributed by atoms with Crippen LogP contribution in [0, 0.1) is 11.6 Å². The smallest absolute Gasteiger partial charge is 0.141 e. The highest BCUT2D eigenvalue weighted by Gasteiger charge is 2.08. The molecule has 2 aromatic rings. The molecule has 5 heteroatoms. The molecule has 0 unspecified atom stereocenters. The van der Waals surface area contributed by atoms with Crippen molar-refractivity contribution >= 4 is 11.6 Å². The second-order valence-electron chi connectivity index (χ2n) is 4.51. The van der Waals surface area contributed by atoms with E-state index in [0.717, 1.165) is 0 Å². The second-order valence-corrected chi connectivity index (χ2v) is 4.92. The molecule has 0 saturated heterocycles. The largest absolute Gasteiger partial charge is 0.489 e. The van der Waals surface area contributed by atoms with Crippen molar-refractivity contribution in [1.82, 2.24) is 0 Å². The summed E-state index contributed by atoms with van der Waals surface area (Å²) in [6.07, 6.45) is 0. The number of ether oxygens (including phenoxy) is 1. The summed E-state index contributed by atoms with van der Waals surface area (Å²) >= 11 is 5.67. The molecule has 2 rings (SSSR count). The van der Waals surface area contributed by atoms with Gasteiger partial charge in [0.25, 0.3) is 0 Å². The van der Waals surface area contributed by atoms with E-state index in [1.807, 2.05) is 0 Å². The van der Waals surface area contributed by atoms with Crippen LogP contribution in [0.3, 0.4) is 0 Å². The number of halogens is 3. The average Bonchev–Trinajstić information content (AvgIpc) is 2.40. The summed E-state index contributed by atoms with van der Waals surface area (Å²) in [5, 5.41) is 0.0320. The van der Waals surface area contributed by atoms with Crippen LogP contribution >= 0.6 is 11.6 Å². The third-order valence-electron chi connectivity index (χ3n) is 2.85. The van der Waals surface area contributed by atoms with Gasteiger partial charge in [-0.15, -0.1) is 0 Å². The highest BCUT2D eigenvalue weighted by atomic mass is 35.5. The van der Waals surface area contributed by atoms with Crippen molar-refractivity contribution in [2.24, 2.45) is 5.73 Å². The van der Waals surface area contributed by atoms with Gasteiger partial charge in [0.2, 0.25) is 0 Å². The summed E-state index contributed by atoms with van der Waals surface area (Å²) in [5.74, 6) is -0.510. The Morgan fingerprint density at radius 2 is 1.90 bits per heavy atom. The van der Waals surface area contributed by atoms with Crippen molar-refractivity contribution in [1.29, 1.82) is 0 Å². The van der Waals surface area contributed by atoms with E-state index in [1.54, 1.807) is 25.1 Å². The maximum Gasteiger partial charge on any atom is 0.141 e. The summed E-state index contributed by atoms with van der Waals surface area (Å²) < 4.78 is 32.2. The summed E-state index contributed by atoms with van der Waals surface area (Å²) in [7, 11) is 0. The fourth-order valence-electron chi connectivity index (χ4n) is 1.76. The lowest BCUT2D eigenvalue weighted by Gasteiger charge is -2.10. The average molecular weight is 298 g/mol. The predicted octanol–water partition coefficient (Wildman–Crippen LogP) is 4.22. The molecule has 106 valence electrons. The van der Waals surface area contributed by atoms with Crippen LogP contribution in [0.4, 0.5) is 8.78 Å².